The third-order valence-corrected chi connectivity index (χ3v) is 4.14. The predicted molar refractivity (Wildman–Crippen MR) is 98.2 cm³/mol. The molecule has 0 fully saturated rings. The average molecular weight is 352 g/mol. The van der Waals surface area contributed by atoms with Gasteiger partial charge in [0.25, 0.3) is 11.8 Å². The lowest BCUT2D eigenvalue weighted by molar-refractivity contribution is -0.132. The number of anilines is 1. The van der Waals surface area contributed by atoms with Crippen LogP contribution in [0.25, 0.3) is 6.08 Å². The van der Waals surface area contributed by atoms with Crippen LogP contribution < -0.4 is 15.1 Å². The van der Waals surface area contributed by atoms with Crippen molar-refractivity contribution in [1.82, 2.24) is 5.48 Å². The molecule has 0 bridgehead atoms. The number of ether oxygens (including phenoxy) is 1. The normalized spacial score (nSPS) is 15.5. The van der Waals surface area contributed by atoms with Crippen molar-refractivity contribution in [3.63, 3.8) is 0 Å². The maximum Gasteiger partial charge on any atom is 0.274 e. The van der Waals surface area contributed by atoms with E-state index in [0.717, 1.165) is 5.56 Å². The first-order chi connectivity index (χ1) is 12.4. The van der Waals surface area contributed by atoms with Crippen molar-refractivity contribution >= 4 is 23.6 Å². The Labute approximate surface area is 151 Å². The minimum absolute atomic E-state index is 0.204. The number of fused-ring (bicyclic) bond motifs is 1. The number of hydrogen-bond acceptors (Lipinski definition) is 4. The monoisotopic (exact) mass is 352 g/mol. The Morgan fingerprint density at radius 1 is 1.23 bits per heavy atom. The van der Waals surface area contributed by atoms with E-state index in [1.54, 1.807) is 30.3 Å². The Morgan fingerprint density at radius 3 is 2.65 bits per heavy atom. The van der Waals surface area contributed by atoms with Crippen molar-refractivity contribution in [2.75, 3.05) is 11.4 Å². The minimum atomic E-state index is -1.01. The molecule has 26 heavy (non-hydrogen) atoms. The molecule has 0 spiro atoms. The van der Waals surface area contributed by atoms with Crippen LogP contribution in [0.2, 0.25) is 0 Å². The van der Waals surface area contributed by atoms with E-state index in [9.17, 15) is 9.59 Å². The highest BCUT2D eigenvalue weighted by atomic mass is 16.5. The first-order valence-electron chi connectivity index (χ1n) is 8.23. The summed E-state index contributed by atoms with van der Waals surface area (Å²) < 4.78 is 5.79. The molecule has 0 saturated heterocycles. The van der Waals surface area contributed by atoms with E-state index in [4.69, 9.17) is 9.94 Å². The van der Waals surface area contributed by atoms with E-state index in [0.29, 0.717) is 18.0 Å². The van der Waals surface area contributed by atoms with Crippen LogP contribution in [0.15, 0.2) is 54.6 Å². The van der Waals surface area contributed by atoms with Crippen LogP contribution in [-0.4, -0.2) is 29.2 Å². The van der Waals surface area contributed by atoms with Gasteiger partial charge in [0.2, 0.25) is 0 Å². The van der Waals surface area contributed by atoms with Crippen molar-refractivity contribution in [3.8, 4) is 5.75 Å². The summed E-state index contributed by atoms with van der Waals surface area (Å²) >= 11 is 0. The van der Waals surface area contributed by atoms with Gasteiger partial charge < -0.3 is 9.64 Å². The van der Waals surface area contributed by atoms with Crippen molar-refractivity contribution < 1.29 is 19.5 Å². The zero-order valence-electron chi connectivity index (χ0n) is 14.6. The maximum atomic E-state index is 12.8. The number of hydrogen-bond donors (Lipinski definition) is 2. The van der Waals surface area contributed by atoms with Gasteiger partial charge >= 0.3 is 0 Å². The van der Waals surface area contributed by atoms with E-state index >= 15 is 0 Å². The van der Waals surface area contributed by atoms with Gasteiger partial charge in [0, 0.05) is 12.1 Å². The lowest BCUT2D eigenvalue weighted by atomic mass is 10.0. The lowest BCUT2D eigenvalue weighted by Gasteiger charge is -2.38. The second-order valence-electron chi connectivity index (χ2n) is 6.46. The first kappa shape index (κ1) is 17.7. The smallest absolute Gasteiger partial charge is 0.274 e. The lowest BCUT2D eigenvalue weighted by Crippen LogP contribution is -2.52. The van der Waals surface area contributed by atoms with Crippen LogP contribution in [-0.2, 0) is 4.79 Å². The highest BCUT2D eigenvalue weighted by Gasteiger charge is 2.40. The summed E-state index contributed by atoms with van der Waals surface area (Å²) in [5.41, 5.74) is 2.35. The number of rotatable bonds is 4. The summed E-state index contributed by atoms with van der Waals surface area (Å²) in [6.45, 7) is 3.75. The molecular weight excluding hydrogens is 332 g/mol. The number of carbonyl (C=O) groups is 2. The Kier molecular flexibility index (Phi) is 4.77. The second-order valence-corrected chi connectivity index (χ2v) is 6.46. The summed E-state index contributed by atoms with van der Waals surface area (Å²) in [6.07, 6.45) is 3.82. The van der Waals surface area contributed by atoms with Crippen LogP contribution in [0.4, 0.5) is 5.69 Å². The largest absolute Gasteiger partial charge is 0.476 e. The van der Waals surface area contributed by atoms with Crippen LogP contribution in [0.3, 0.4) is 0 Å². The van der Waals surface area contributed by atoms with Crippen LogP contribution in [0.1, 0.15) is 29.8 Å². The molecule has 1 aliphatic heterocycles. The molecule has 2 amide bonds. The molecule has 0 atom stereocenters. The second kappa shape index (κ2) is 7.01. The number of carbonyl (C=O) groups excluding carboxylic acids is 2. The molecule has 1 aliphatic rings. The molecule has 3 rings (SSSR count). The average Bonchev–Trinajstić information content (AvgIpc) is 2.64. The van der Waals surface area contributed by atoms with E-state index in [-0.39, 0.29) is 11.5 Å². The molecule has 6 heteroatoms. The number of nitrogens with zero attached hydrogens (tertiary/aromatic N) is 1. The number of hydroxylamine groups is 1. The molecular formula is C20H20N2O4. The molecule has 0 saturated carbocycles. The number of nitrogens with one attached hydrogen (secondary N) is 1. The van der Waals surface area contributed by atoms with Crippen LogP contribution in [0, 0.1) is 0 Å². The summed E-state index contributed by atoms with van der Waals surface area (Å²) in [7, 11) is 0. The van der Waals surface area contributed by atoms with Gasteiger partial charge in [-0.15, -0.1) is 0 Å². The van der Waals surface area contributed by atoms with Crippen molar-refractivity contribution in [1.29, 1.82) is 0 Å². The molecule has 2 N–H and O–H groups in total. The Hall–Kier alpha value is -3.12. The number of amides is 2. The molecule has 6 nitrogen and oxygen atoms in total. The van der Waals surface area contributed by atoms with E-state index in [1.165, 1.54) is 12.1 Å². The van der Waals surface area contributed by atoms with Gasteiger partial charge in [-0.1, -0.05) is 42.5 Å². The standard InChI is InChI=1S/C20H20N2O4/c1-20(2)19(24)22(12-6-9-14-7-4-3-5-8-14)16-13-15(18(23)21-25)10-11-17(16)26-20/h3-11,13,25H,12H2,1-2H3,(H,21,23). The first-order valence-corrected chi connectivity index (χ1v) is 8.23. The van der Waals surface area contributed by atoms with Crippen molar-refractivity contribution in [2.24, 2.45) is 0 Å². The van der Waals surface area contributed by atoms with Gasteiger partial charge in [0.05, 0.1) is 5.69 Å². The predicted octanol–water partition coefficient (Wildman–Crippen LogP) is 3.02. The van der Waals surface area contributed by atoms with Crippen molar-refractivity contribution in [2.45, 2.75) is 19.4 Å². The maximum absolute atomic E-state index is 12.8. The van der Waals surface area contributed by atoms with Gasteiger partial charge in [0.15, 0.2) is 5.60 Å². The zero-order valence-corrected chi connectivity index (χ0v) is 14.6. The molecule has 2 aromatic carbocycles. The van der Waals surface area contributed by atoms with Crippen LogP contribution in [0.5, 0.6) is 5.75 Å². The SMILES string of the molecule is CC1(C)Oc2ccc(C(=O)NO)cc2N(CC=Cc2ccccc2)C1=O. The Balaban J connectivity index is 1.93. The Bertz CT molecular complexity index is 859. The van der Waals surface area contributed by atoms with Gasteiger partial charge in [-0.05, 0) is 37.6 Å². The van der Waals surface area contributed by atoms with E-state index in [1.807, 2.05) is 42.5 Å². The molecule has 1 heterocycles. The van der Waals surface area contributed by atoms with Gasteiger partial charge in [-0.3, -0.25) is 14.8 Å². The summed E-state index contributed by atoms with van der Waals surface area (Å²) in [6, 6.07) is 14.5. The summed E-state index contributed by atoms with van der Waals surface area (Å²) in [4.78, 5) is 26.1. The zero-order chi connectivity index (χ0) is 18.7. The third-order valence-electron chi connectivity index (χ3n) is 4.14. The summed E-state index contributed by atoms with van der Waals surface area (Å²) in [5.74, 6) is -0.341. The quantitative estimate of drug-likeness (QED) is 0.655. The molecule has 134 valence electrons. The van der Waals surface area contributed by atoms with Gasteiger partial charge in [0.1, 0.15) is 5.75 Å². The molecule has 0 aromatic heterocycles. The highest BCUT2D eigenvalue weighted by molar-refractivity contribution is 6.04. The number of benzene rings is 2. The van der Waals surface area contributed by atoms with Crippen LogP contribution >= 0.6 is 0 Å². The summed E-state index contributed by atoms with van der Waals surface area (Å²) in [5, 5.41) is 8.84. The topological polar surface area (TPSA) is 78.9 Å². The fourth-order valence-corrected chi connectivity index (χ4v) is 2.81. The van der Waals surface area contributed by atoms with E-state index in [2.05, 4.69) is 0 Å². The highest BCUT2D eigenvalue weighted by Crippen LogP contribution is 2.38. The fraction of sp³-hybridized carbons (Fsp3) is 0.200. The third kappa shape index (κ3) is 3.45. The molecule has 0 aliphatic carbocycles. The van der Waals surface area contributed by atoms with Crippen molar-refractivity contribution in [3.05, 3.63) is 65.7 Å². The van der Waals surface area contributed by atoms with E-state index < -0.39 is 11.5 Å². The molecule has 0 radical (unpaired) electrons. The molecule has 2 aromatic rings. The fourth-order valence-electron chi connectivity index (χ4n) is 2.81. The molecule has 0 unspecified atom stereocenters. The van der Waals surface area contributed by atoms with Gasteiger partial charge in [-0.2, -0.15) is 0 Å². The Morgan fingerprint density at radius 2 is 1.96 bits per heavy atom. The van der Waals surface area contributed by atoms with Gasteiger partial charge in [-0.25, -0.2) is 5.48 Å². The minimum Gasteiger partial charge on any atom is -0.476 e.